The molecule has 2 N–H and O–H groups in total. The molecule has 0 radical (unpaired) electrons. The van der Waals surface area contributed by atoms with Crippen molar-refractivity contribution in [3.63, 3.8) is 0 Å². The number of carbonyl (C=O) groups is 1. The van der Waals surface area contributed by atoms with E-state index in [9.17, 15) is 22.8 Å². The molecule has 0 bridgehead atoms. The molecule has 0 aliphatic rings. The van der Waals surface area contributed by atoms with Gasteiger partial charge in [-0.2, -0.15) is 0 Å². The Morgan fingerprint density at radius 3 is 2.81 bits per heavy atom. The molecule has 0 spiro atoms. The fourth-order valence-electron chi connectivity index (χ4n) is 2.08. The minimum Gasteiger partial charge on any atom is -0.405 e. The Labute approximate surface area is 150 Å². The van der Waals surface area contributed by atoms with Crippen molar-refractivity contribution in [2.75, 3.05) is 5.75 Å². The zero-order valence-corrected chi connectivity index (χ0v) is 14.6. The Morgan fingerprint density at radius 2 is 2.12 bits per heavy atom. The maximum atomic E-state index is 12.4. The zero-order chi connectivity index (χ0) is 19.2. The number of ether oxygens (including phenoxy) is 1. The van der Waals surface area contributed by atoms with Crippen LogP contribution in [0.1, 0.15) is 18.9 Å². The monoisotopic (exact) mass is 390 g/mol. The summed E-state index contributed by atoms with van der Waals surface area (Å²) in [5.74, 6) is -0.802. The van der Waals surface area contributed by atoms with E-state index in [1.54, 1.807) is 6.07 Å². The molecule has 1 heterocycles. The van der Waals surface area contributed by atoms with Crippen LogP contribution in [0.25, 0.3) is 0 Å². The van der Waals surface area contributed by atoms with Crippen LogP contribution in [0.5, 0.6) is 5.75 Å². The second-order valence-corrected chi connectivity index (χ2v) is 6.13. The van der Waals surface area contributed by atoms with Crippen molar-refractivity contribution in [3.05, 3.63) is 40.3 Å². The van der Waals surface area contributed by atoms with Crippen LogP contribution in [-0.2, 0) is 17.9 Å². The van der Waals surface area contributed by atoms with Crippen molar-refractivity contribution in [3.8, 4) is 5.75 Å². The largest absolute Gasteiger partial charge is 0.573 e. The maximum Gasteiger partial charge on any atom is 0.573 e. The van der Waals surface area contributed by atoms with Crippen molar-refractivity contribution in [1.29, 1.82) is 0 Å². The first-order valence-electron chi connectivity index (χ1n) is 7.68. The predicted octanol–water partition coefficient (Wildman–Crippen LogP) is 2.29. The van der Waals surface area contributed by atoms with Crippen LogP contribution >= 0.6 is 11.8 Å². The molecular formula is C15H17F3N4O3S. The van der Waals surface area contributed by atoms with Crippen molar-refractivity contribution >= 4 is 17.7 Å². The number of amides is 1. The van der Waals surface area contributed by atoms with Gasteiger partial charge in [0.15, 0.2) is 5.16 Å². The lowest BCUT2D eigenvalue weighted by Gasteiger charge is -2.13. The smallest absolute Gasteiger partial charge is 0.405 e. The third-order valence-electron chi connectivity index (χ3n) is 3.18. The highest BCUT2D eigenvalue weighted by atomic mass is 32.2. The van der Waals surface area contributed by atoms with Crippen molar-refractivity contribution < 1.29 is 22.7 Å². The zero-order valence-electron chi connectivity index (χ0n) is 13.8. The third kappa shape index (κ3) is 5.83. The Bertz CT molecular complexity index is 804. The maximum absolute atomic E-state index is 12.4. The quantitative estimate of drug-likeness (QED) is 0.675. The first-order chi connectivity index (χ1) is 12.3. The van der Waals surface area contributed by atoms with Crippen LogP contribution < -0.4 is 15.7 Å². The molecular weight excluding hydrogens is 373 g/mol. The normalized spacial score (nSPS) is 11.4. The number of nitrogens with one attached hydrogen (secondary N) is 2. The summed E-state index contributed by atoms with van der Waals surface area (Å²) < 4.78 is 42.5. The van der Waals surface area contributed by atoms with Gasteiger partial charge in [0, 0.05) is 18.7 Å². The Morgan fingerprint density at radius 1 is 1.38 bits per heavy atom. The van der Waals surface area contributed by atoms with E-state index in [4.69, 9.17) is 0 Å². The van der Waals surface area contributed by atoms with Gasteiger partial charge >= 0.3 is 12.1 Å². The van der Waals surface area contributed by atoms with Gasteiger partial charge in [-0.25, -0.2) is 9.89 Å². The number of hydrogen-bond donors (Lipinski definition) is 2. The SMILES string of the molecule is CCCn1c(SCC(=O)NCc2ccccc2OC(F)(F)F)n[nH]c1=O. The molecule has 2 aromatic rings. The fourth-order valence-corrected chi connectivity index (χ4v) is 2.89. The summed E-state index contributed by atoms with van der Waals surface area (Å²) in [5, 5.41) is 9.06. The number of H-pyrrole nitrogens is 1. The predicted molar refractivity (Wildman–Crippen MR) is 88.8 cm³/mol. The minimum atomic E-state index is -4.81. The number of benzene rings is 1. The second kappa shape index (κ2) is 8.79. The van der Waals surface area contributed by atoms with Crippen LogP contribution in [0.3, 0.4) is 0 Å². The number of hydrogen-bond acceptors (Lipinski definition) is 5. The average Bonchev–Trinajstić information content (AvgIpc) is 2.91. The lowest BCUT2D eigenvalue weighted by atomic mass is 10.2. The van der Waals surface area contributed by atoms with E-state index in [0.29, 0.717) is 11.7 Å². The number of rotatable bonds is 8. The van der Waals surface area contributed by atoms with E-state index in [1.807, 2.05) is 6.92 Å². The number of para-hydroxylation sites is 1. The Hall–Kier alpha value is -2.43. The molecule has 26 heavy (non-hydrogen) atoms. The second-order valence-electron chi connectivity index (χ2n) is 5.18. The van der Waals surface area contributed by atoms with E-state index in [0.717, 1.165) is 18.2 Å². The van der Waals surface area contributed by atoms with E-state index < -0.39 is 12.3 Å². The number of aromatic amines is 1. The highest BCUT2D eigenvalue weighted by Crippen LogP contribution is 2.26. The molecule has 0 fully saturated rings. The van der Waals surface area contributed by atoms with Crippen molar-refractivity contribution in [1.82, 2.24) is 20.1 Å². The van der Waals surface area contributed by atoms with E-state index in [-0.39, 0.29) is 29.3 Å². The standard InChI is InChI=1S/C15H17F3N4O3S/c1-2-7-22-13(24)20-21-14(22)26-9-12(23)19-8-10-5-3-4-6-11(10)25-15(16,17)18/h3-6H,2,7-9H2,1H3,(H,19,23)(H,20,24). The molecule has 0 unspecified atom stereocenters. The summed E-state index contributed by atoms with van der Waals surface area (Å²) in [6, 6.07) is 5.57. The molecule has 1 aromatic heterocycles. The third-order valence-corrected chi connectivity index (χ3v) is 4.15. The van der Waals surface area contributed by atoms with Gasteiger partial charge in [-0.15, -0.1) is 18.3 Å². The van der Waals surface area contributed by atoms with Gasteiger partial charge in [0.2, 0.25) is 5.91 Å². The summed E-state index contributed by atoms with van der Waals surface area (Å²) in [6.45, 7) is 2.26. The number of alkyl halides is 3. The topological polar surface area (TPSA) is 89.0 Å². The number of nitrogens with zero attached hydrogens (tertiary/aromatic N) is 2. The number of carbonyl (C=O) groups excluding carboxylic acids is 1. The Kier molecular flexibility index (Phi) is 6.72. The van der Waals surface area contributed by atoms with Gasteiger partial charge in [-0.1, -0.05) is 36.9 Å². The molecule has 7 nitrogen and oxygen atoms in total. The van der Waals surface area contributed by atoms with Gasteiger partial charge in [0.05, 0.1) is 5.75 Å². The van der Waals surface area contributed by atoms with E-state index >= 15 is 0 Å². The van der Waals surface area contributed by atoms with Crippen molar-refractivity contribution in [2.45, 2.75) is 38.0 Å². The van der Waals surface area contributed by atoms with Crippen LogP contribution in [0.2, 0.25) is 0 Å². The summed E-state index contributed by atoms with van der Waals surface area (Å²) in [7, 11) is 0. The molecule has 1 aromatic carbocycles. The minimum absolute atomic E-state index is 0.0314. The van der Waals surface area contributed by atoms with E-state index in [2.05, 4.69) is 20.3 Å². The molecule has 0 aliphatic heterocycles. The van der Waals surface area contributed by atoms with Gasteiger partial charge in [-0.3, -0.25) is 9.36 Å². The van der Waals surface area contributed by atoms with Crippen molar-refractivity contribution in [2.24, 2.45) is 0 Å². The summed E-state index contributed by atoms with van der Waals surface area (Å²) >= 11 is 1.06. The highest BCUT2D eigenvalue weighted by molar-refractivity contribution is 7.99. The van der Waals surface area contributed by atoms with Gasteiger partial charge in [0.1, 0.15) is 5.75 Å². The molecule has 0 saturated carbocycles. The van der Waals surface area contributed by atoms with Crippen LogP contribution in [-0.4, -0.2) is 32.8 Å². The molecule has 11 heteroatoms. The first kappa shape index (κ1) is 19.9. The molecule has 0 saturated heterocycles. The summed E-state index contributed by atoms with van der Waals surface area (Å²) in [4.78, 5) is 23.5. The first-order valence-corrected chi connectivity index (χ1v) is 8.67. The summed E-state index contributed by atoms with van der Waals surface area (Å²) in [6.07, 6.45) is -4.08. The van der Waals surface area contributed by atoms with E-state index in [1.165, 1.54) is 22.8 Å². The molecule has 142 valence electrons. The lowest BCUT2D eigenvalue weighted by Crippen LogP contribution is -2.26. The molecule has 0 aliphatic carbocycles. The highest BCUT2D eigenvalue weighted by Gasteiger charge is 2.31. The summed E-state index contributed by atoms with van der Waals surface area (Å²) in [5.41, 5.74) is -0.154. The molecule has 1 amide bonds. The van der Waals surface area contributed by atoms with Gasteiger partial charge in [-0.05, 0) is 12.5 Å². The van der Waals surface area contributed by atoms with Crippen LogP contribution in [0.15, 0.2) is 34.2 Å². The van der Waals surface area contributed by atoms with Crippen LogP contribution in [0, 0.1) is 0 Å². The number of halogens is 3. The molecule has 2 rings (SSSR count). The van der Waals surface area contributed by atoms with Gasteiger partial charge in [0.25, 0.3) is 0 Å². The Balaban J connectivity index is 1.91. The lowest BCUT2D eigenvalue weighted by molar-refractivity contribution is -0.274. The van der Waals surface area contributed by atoms with Gasteiger partial charge < -0.3 is 10.1 Å². The van der Waals surface area contributed by atoms with Crippen LogP contribution in [0.4, 0.5) is 13.2 Å². The number of thioether (sulfide) groups is 1. The average molecular weight is 390 g/mol. The fraction of sp³-hybridized carbons (Fsp3) is 0.400. The molecule has 0 atom stereocenters. The number of aromatic nitrogens is 3.